The topological polar surface area (TPSA) is 69.4 Å². The summed E-state index contributed by atoms with van der Waals surface area (Å²) in [4.78, 5) is 21.4. The van der Waals surface area contributed by atoms with E-state index in [1.165, 1.54) is 19.2 Å². The van der Waals surface area contributed by atoms with Crippen molar-refractivity contribution in [3.8, 4) is 11.8 Å². The molecule has 0 radical (unpaired) electrons. The molecule has 0 aliphatic carbocycles. The quantitative estimate of drug-likeness (QED) is 0.285. The van der Waals surface area contributed by atoms with Gasteiger partial charge in [0.25, 0.3) is 5.69 Å². The molecule has 0 fully saturated rings. The van der Waals surface area contributed by atoms with Gasteiger partial charge in [-0.1, -0.05) is 11.8 Å². The van der Waals surface area contributed by atoms with Crippen LogP contribution in [0.4, 0.5) is 5.69 Å². The summed E-state index contributed by atoms with van der Waals surface area (Å²) in [5.41, 5.74) is 0.148. The standard InChI is InChI=1S/C11H9NO4S/c1-16-11(13)9-5-4-8(3-2-6-17)10(7-9)12(14)15/h4-5,7,17H,6H2,1H3. The van der Waals surface area contributed by atoms with Crippen molar-refractivity contribution in [3.63, 3.8) is 0 Å². The van der Waals surface area contributed by atoms with E-state index in [9.17, 15) is 14.9 Å². The minimum absolute atomic E-state index is 0.121. The number of hydrogen-bond acceptors (Lipinski definition) is 5. The molecule has 0 saturated carbocycles. The van der Waals surface area contributed by atoms with Crippen LogP contribution in [0.15, 0.2) is 18.2 Å². The smallest absolute Gasteiger partial charge is 0.338 e. The van der Waals surface area contributed by atoms with E-state index >= 15 is 0 Å². The molecular weight excluding hydrogens is 242 g/mol. The molecule has 0 heterocycles. The predicted molar refractivity (Wildman–Crippen MR) is 65.2 cm³/mol. The van der Waals surface area contributed by atoms with Gasteiger partial charge in [0.05, 0.1) is 23.3 Å². The van der Waals surface area contributed by atoms with Gasteiger partial charge in [0.1, 0.15) is 5.56 Å². The number of nitrogens with zero attached hydrogens (tertiary/aromatic N) is 1. The van der Waals surface area contributed by atoms with Crippen molar-refractivity contribution in [1.82, 2.24) is 0 Å². The first-order chi connectivity index (χ1) is 8.10. The molecule has 0 saturated heterocycles. The summed E-state index contributed by atoms with van der Waals surface area (Å²) in [5.74, 6) is 4.90. The molecule has 0 unspecified atom stereocenters. The number of thiol groups is 1. The molecule has 88 valence electrons. The lowest BCUT2D eigenvalue weighted by atomic mass is 10.1. The highest BCUT2D eigenvalue weighted by molar-refractivity contribution is 7.80. The fourth-order valence-corrected chi connectivity index (χ4v) is 1.25. The van der Waals surface area contributed by atoms with Crippen LogP contribution < -0.4 is 0 Å². The molecular formula is C11H9NO4S. The Bertz CT molecular complexity index is 516. The molecule has 1 aromatic carbocycles. The summed E-state index contributed by atoms with van der Waals surface area (Å²) in [6, 6.07) is 4.00. The average Bonchev–Trinajstić information content (AvgIpc) is 2.35. The Labute approximate surface area is 103 Å². The van der Waals surface area contributed by atoms with Gasteiger partial charge in [0.2, 0.25) is 0 Å². The molecule has 1 rings (SSSR count). The number of nitro benzene ring substituents is 1. The van der Waals surface area contributed by atoms with E-state index < -0.39 is 10.9 Å². The number of carbonyl (C=O) groups excluding carboxylic acids is 1. The lowest BCUT2D eigenvalue weighted by Gasteiger charge is -2.00. The van der Waals surface area contributed by atoms with Crippen LogP contribution in [0, 0.1) is 22.0 Å². The minimum atomic E-state index is -0.623. The van der Waals surface area contributed by atoms with Crippen molar-refractivity contribution in [2.75, 3.05) is 12.9 Å². The van der Waals surface area contributed by atoms with Crippen molar-refractivity contribution in [2.45, 2.75) is 0 Å². The molecule has 0 N–H and O–H groups in total. The highest BCUT2D eigenvalue weighted by Gasteiger charge is 2.16. The summed E-state index contributed by atoms with van der Waals surface area (Å²) in [6.07, 6.45) is 0. The van der Waals surface area contributed by atoms with E-state index in [-0.39, 0.29) is 16.8 Å². The lowest BCUT2D eigenvalue weighted by Crippen LogP contribution is -2.03. The van der Waals surface area contributed by atoms with Gasteiger partial charge in [-0.15, -0.1) is 0 Å². The van der Waals surface area contributed by atoms with E-state index in [2.05, 4.69) is 29.2 Å². The maximum absolute atomic E-state index is 11.2. The summed E-state index contributed by atoms with van der Waals surface area (Å²) in [5, 5.41) is 10.8. The largest absolute Gasteiger partial charge is 0.465 e. The molecule has 1 aromatic rings. The van der Waals surface area contributed by atoms with Gasteiger partial charge in [-0.05, 0) is 12.1 Å². The van der Waals surface area contributed by atoms with Crippen LogP contribution in [-0.2, 0) is 4.74 Å². The van der Waals surface area contributed by atoms with Crippen LogP contribution in [0.25, 0.3) is 0 Å². The third-order valence-electron chi connectivity index (χ3n) is 1.92. The average molecular weight is 251 g/mol. The first kappa shape index (κ1) is 13.1. The van der Waals surface area contributed by atoms with Crippen LogP contribution in [0.3, 0.4) is 0 Å². The van der Waals surface area contributed by atoms with Gasteiger partial charge in [-0.25, -0.2) is 4.79 Å². The highest BCUT2D eigenvalue weighted by atomic mass is 32.1. The molecule has 6 heteroatoms. The summed E-state index contributed by atoms with van der Waals surface area (Å²) >= 11 is 3.89. The van der Waals surface area contributed by atoms with Crippen LogP contribution in [0.5, 0.6) is 0 Å². The maximum Gasteiger partial charge on any atom is 0.338 e. The van der Waals surface area contributed by atoms with Crippen LogP contribution in [0.2, 0.25) is 0 Å². The first-order valence-corrected chi connectivity index (χ1v) is 5.20. The van der Waals surface area contributed by atoms with Crippen molar-refractivity contribution in [1.29, 1.82) is 0 Å². The maximum atomic E-state index is 11.2. The second-order valence-corrected chi connectivity index (χ2v) is 3.26. The first-order valence-electron chi connectivity index (χ1n) is 4.56. The predicted octanol–water partition coefficient (Wildman–Crippen LogP) is 1.66. The molecule has 0 aliphatic rings. The number of benzene rings is 1. The number of ether oxygens (including phenoxy) is 1. The van der Waals surface area contributed by atoms with Crippen molar-refractivity contribution in [3.05, 3.63) is 39.4 Å². The molecule has 0 aromatic heterocycles. The second-order valence-electron chi connectivity index (χ2n) is 2.94. The Morgan fingerprint density at radius 3 is 2.82 bits per heavy atom. The molecule has 0 aliphatic heterocycles. The van der Waals surface area contributed by atoms with Gasteiger partial charge >= 0.3 is 5.97 Å². The molecule has 0 spiro atoms. The van der Waals surface area contributed by atoms with Gasteiger partial charge in [-0.2, -0.15) is 12.6 Å². The molecule has 0 atom stereocenters. The Balaban J connectivity index is 3.26. The SMILES string of the molecule is COC(=O)c1ccc(C#CCS)c([N+](=O)[O-])c1. The normalized spacial score (nSPS) is 9.06. The third kappa shape index (κ3) is 3.23. The number of rotatable bonds is 2. The van der Waals surface area contributed by atoms with Gasteiger partial charge in [0, 0.05) is 6.07 Å². The molecule has 5 nitrogen and oxygen atoms in total. The minimum Gasteiger partial charge on any atom is -0.465 e. The monoisotopic (exact) mass is 251 g/mol. The van der Waals surface area contributed by atoms with E-state index in [1.807, 2.05) is 0 Å². The molecule has 17 heavy (non-hydrogen) atoms. The van der Waals surface area contributed by atoms with Crippen LogP contribution >= 0.6 is 12.6 Å². The van der Waals surface area contributed by atoms with Crippen molar-refractivity contribution in [2.24, 2.45) is 0 Å². The Morgan fingerprint density at radius 1 is 1.59 bits per heavy atom. The van der Waals surface area contributed by atoms with Crippen LogP contribution in [0.1, 0.15) is 15.9 Å². The highest BCUT2D eigenvalue weighted by Crippen LogP contribution is 2.19. The van der Waals surface area contributed by atoms with Gasteiger partial charge in [0.15, 0.2) is 0 Å². The van der Waals surface area contributed by atoms with Gasteiger partial charge in [-0.3, -0.25) is 10.1 Å². The van der Waals surface area contributed by atoms with E-state index in [0.29, 0.717) is 5.75 Å². The van der Waals surface area contributed by atoms with E-state index in [0.717, 1.165) is 6.07 Å². The molecule has 0 amide bonds. The second kappa shape index (κ2) is 5.92. The van der Waals surface area contributed by atoms with Crippen molar-refractivity contribution < 1.29 is 14.5 Å². The number of esters is 1. The number of hydrogen-bond donors (Lipinski definition) is 1. The fraction of sp³-hybridized carbons (Fsp3) is 0.182. The Hall–Kier alpha value is -2.00. The molecule has 0 bridgehead atoms. The number of carbonyl (C=O) groups is 1. The van der Waals surface area contributed by atoms with Crippen molar-refractivity contribution >= 4 is 24.3 Å². The van der Waals surface area contributed by atoms with Gasteiger partial charge < -0.3 is 4.74 Å². The fourth-order valence-electron chi connectivity index (χ4n) is 1.17. The summed E-state index contributed by atoms with van der Waals surface area (Å²) in [6.45, 7) is 0. The summed E-state index contributed by atoms with van der Waals surface area (Å²) in [7, 11) is 1.21. The van der Waals surface area contributed by atoms with Crippen LogP contribution in [-0.4, -0.2) is 23.8 Å². The number of nitro groups is 1. The Kier molecular flexibility index (Phi) is 4.55. The van der Waals surface area contributed by atoms with E-state index in [4.69, 9.17) is 0 Å². The third-order valence-corrected chi connectivity index (χ3v) is 2.08. The Morgan fingerprint density at radius 2 is 2.29 bits per heavy atom. The lowest BCUT2D eigenvalue weighted by molar-refractivity contribution is -0.385. The number of methoxy groups -OCH3 is 1. The zero-order valence-corrected chi connectivity index (χ0v) is 9.86. The van der Waals surface area contributed by atoms with E-state index in [1.54, 1.807) is 0 Å². The zero-order chi connectivity index (χ0) is 12.8. The summed E-state index contributed by atoms with van der Waals surface area (Å²) < 4.78 is 4.48. The zero-order valence-electron chi connectivity index (χ0n) is 8.97.